The first kappa shape index (κ1) is 10.1. The Bertz CT molecular complexity index is 172. The zero-order valence-electron chi connectivity index (χ0n) is 5.80. The van der Waals surface area contributed by atoms with Crippen molar-refractivity contribution in [3.63, 3.8) is 0 Å². The minimum absolute atomic E-state index is 0.807. The quantitative estimate of drug-likeness (QED) is 0.628. The molecule has 0 bridgehead atoms. The van der Waals surface area contributed by atoms with Gasteiger partial charge in [0.15, 0.2) is 0 Å². The number of nitrogens with two attached hydrogens (primary N) is 1. The van der Waals surface area contributed by atoms with E-state index in [1.54, 1.807) is 6.08 Å². The summed E-state index contributed by atoms with van der Waals surface area (Å²) < 4.78 is 0. The molecular formula is C7H10INS. The minimum atomic E-state index is 0.807. The van der Waals surface area contributed by atoms with Crippen molar-refractivity contribution in [2.24, 2.45) is 5.73 Å². The maximum absolute atomic E-state index is 5.51. The average Bonchev–Trinajstić information content (AvgIpc) is 1.99. The fourth-order valence-corrected chi connectivity index (χ4v) is 0.867. The molecule has 10 heavy (non-hydrogen) atoms. The highest BCUT2D eigenvalue weighted by atomic mass is 127. The first-order valence-corrected chi connectivity index (χ1v) is 6.11. The number of halogens is 1. The van der Waals surface area contributed by atoms with Crippen LogP contribution in [-0.2, 0) is 0 Å². The molecule has 0 heterocycles. The first-order chi connectivity index (χ1) is 4.70. The average molecular weight is 267 g/mol. The normalized spacial score (nSPS) is 13.4. The molecule has 0 fully saturated rings. The Balaban J connectivity index is 4.03. The van der Waals surface area contributed by atoms with Crippen molar-refractivity contribution >= 4 is 30.1 Å². The molecule has 2 N–H and O–H groups in total. The fourth-order valence-electron chi connectivity index (χ4n) is 0.307. The molecule has 0 radical (unpaired) electrons. The summed E-state index contributed by atoms with van der Waals surface area (Å²) in [6, 6.07) is 0. The lowest BCUT2D eigenvalue weighted by atomic mass is 10.3. The summed E-state index contributed by atoms with van der Waals surface area (Å²) >= 11 is 2.14. The zero-order valence-corrected chi connectivity index (χ0v) is 8.78. The molecule has 0 unspecified atom stereocenters. The highest BCUT2D eigenvalue weighted by Gasteiger charge is 1.82. The van der Waals surface area contributed by atoms with Crippen LogP contribution >= 0.6 is 30.1 Å². The predicted molar refractivity (Wildman–Crippen MR) is 57.8 cm³/mol. The second-order valence-corrected chi connectivity index (χ2v) is 3.71. The lowest BCUT2D eigenvalue weighted by Crippen LogP contribution is -1.86. The summed E-state index contributed by atoms with van der Waals surface area (Å²) in [6.45, 7) is 5.60. The van der Waals surface area contributed by atoms with Crippen molar-refractivity contribution in [3.8, 4) is 0 Å². The molecule has 1 nitrogen and oxygen atoms in total. The van der Waals surface area contributed by atoms with Crippen LogP contribution < -0.4 is 5.73 Å². The summed E-state index contributed by atoms with van der Waals surface area (Å²) in [7, 11) is 1.51. The van der Waals surface area contributed by atoms with Gasteiger partial charge in [0.2, 0.25) is 0 Å². The molecular weight excluding hydrogens is 257 g/mol. The molecule has 0 aliphatic carbocycles. The SMILES string of the molecule is C=C/C(C)=C\C=C(/N)SI. The molecule has 0 amide bonds. The number of hydrogen-bond acceptors (Lipinski definition) is 2. The molecule has 56 valence electrons. The largest absolute Gasteiger partial charge is 0.393 e. The summed E-state index contributed by atoms with van der Waals surface area (Å²) in [5, 5.41) is 0.807. The highest BCUT2D eigenvalue weighted by molar-refractivity contribution is 14.2. The fraction of sp³-hybridized carbons (Fsp3) is 0.143. The molecule has 0 aliphatic rings. The third-order valence-electron chi connectivity index (χ3n) is 0.922. The Morgan fingerprint density at radius 3 is 2.60 bits per heavy atom. The van der Waals surface area contributed by atoms with Gasteiger partial charge in [-0.25, -0.2) is 0 Å². The van der Waals surface area contributed by atoms with E-state index in [4.69, 9.17) is 5.73 Å². The molecule has 0 saturated heterocycles. The minimum Gasteiger partial charge on any atom is -0.393 e. The van der Waals surface area contributed by atoms with Crippen molar-refractivity contribution in [2.45, 2.75) is 6.92 Å². The van der Waals surface area contributed by atoms with Gasteiger partial charge in [-0.15, -0.1) is 0 Å². The Kier molecular flexibility index (Phi) is 5.91. The lowest BCUT2D eigenvalue weighted by Gasteiger charge is -1.89. The molecule has 0 spiro atoms. The van der Waals surface area contributed by atoms with Crippen LogP contribution in [0.4, 0.5) is 0 Å². The van der Waals surface area contributed by atoms with E-state index >= 15 is 0 Å². The van der Waals surface area contributed by atoms with E-state index in [2.05, 4.69) is 27.8 Å². The molecule has 0 rings (SSSR count). The van der Waals surface area contributed by atoms with E-state index < -0.39 is 0 Å². The Hall–Kier alpha value is 0.100. The third-order valence-corrected chi connectivity index (χ3v) is 2.76. The highest BCUT2D eigenvalue weighted by Crippen LogP contribution is 2.18. The van der Waals surface area contributed by atoms with Gasteiger partial charge in [-0.3, -0.25) is 0 Å². The van der Waals surface area contributed by atoms with Crippen molar-refractivity contribution in [3.05, 3.63) is 35.4 Å². The maximum Gasteiger partial charge on any atom is 0.0759 e. The molecule has 3 heteroatoms. The van der Waals surface area contributed by atoms with E-state index in [0.29, 0.717) is 0 Å². The van der Waals surface area contributed by atoms with Crippen LogP contribution in [0.15, 0.2) is 35.4 Å². The molecule has 0 aliphatic heterocycles. The van der Waals surface area contributed by atoms with Crippen molar-refractivity contribution < 1.29 is 0 Å². The zero-order chi connectivity index (χ0) is 7.98. The van der Waals surface area contributed by atoms with Crippen LogP contribution in [0.5, 0.6) is 0 Å². The van der Waals surface area contributed by atoms with Crippen LogP contribution in [-0.4, -0.2) is 0 Å². The summed E-state index contributed by atoms with van der Waals surface area (Å²) in [6.07, 6.45) is 5.60. The molecule has 0 aromatic heterocycles. The van der Waals surface area contributed by atoms with Gasteiger partial charge in [0.05, 0.1) is 5.03 Å². The van der Waals surface area contributed by atoms with Gasteiger partial charge >= 0.3 is 0 Å². The van der Waals surface area contributed by atoms with Crippen molar-refractivity contribution in [1.29, 1.82) is 0 Å². The van der Waals surface area contributed by atoms with E-state index in [0.717, 1.165) is 10.6 Å². The third kappa shape index (κ3) is 4.93. The molecule has 0 aromatic carbocycles. The Morgan fingerprint density at radius 1 is 1.60 bits per heavy atom. The van der Waals surface area contributed by atoms with E-state index in [1.165, 1.54) is 8.93 Å². The number of allylic oxidation sites excluding steroid dienone is 4. The number of hydrogen-bond donors (Lipinski definition) is 1. The Morgan fingerprint density at radius 2 is 2.20 bits per heavy atom. The van der Waals surface area contributed by atoms with E-state index in [-0.39, 0.29) is 0 Å². The van der Waals surface area contributed by atoms with E-state index in [1.807, 2.05) is 19.1 Å². The van der Waals surface area contributed by atoms with Gasteiger partial charge in [0.1, 0.15) is 0 Å². The second kappa shape index (κ2) is 5.85. The molecule has 0 saturated carbocycles. The van der Waals surface area contributed by atoms with Gasteiger partial charge < -0.3 is 5.73 Å². The summed E-state index contributed by atoms with van der Waals surface area (Å²) in [4.78, 5) is 0. The monoisotopic (exact) mass is 267 g/mol. The summed E-state index contributed by atoms with van der Waals surface area (Å²) in [5.41, 5.74) is 6.63. The number of rotatable bonds is 3. The van der Waals surface area contributed by atoms with E-state index in [9.17, 15) is 0 Å². The summed E-state index contributed by atoms with van der Waals surface area (Å²) in [5.74, 6) is 0. The lowest BCUT2D eigenvalue weighted by molar-refractivity contribution is 1.50. The van der Waals surface area contributed by atoms with Crippen LogP contribution in [0, 0.1) is 0 Å². The first-order valence-electron chi connectivity index (χ1n) is 2.75. The standard InChI is InChI=1S/C7H10INS/c1-3-6(2)4-5-7(9)10-8/h3-5H,1,9H2,2H3/b6-4-,7-5+. The van der Waals surface area contributed by atoms with Crippen molar-refractivity contribution in [1.82, 2.24) is 0 Å². The molecule has 0 atom stereocenters. The van der Waals surface area contributed by atoms with Gasteiger partial charge in [0, 0.05) is 21.2 Å². The van der Waals surface area contributed by atoms with Crippen LogP contribution in [0.1, 0.15) is 6.92 Å². The topological polar surface area (TPSA) is 26.0 Å². The van der Waals surface area contributed by atoms with Crippen LogP contribution in [0.2, 0.25) is 0 Å². The van der Waals surface area contributed by atoms with Gasteiger partial charge in [0.25, 0.3) is 0 Å². The van der Waals surface area contributed by atoms with Crippen LogP contribution in [0.25, 0.3) is 0 Å². The maximum atomic E-state index is 5.51. The second-order valence-electron chi connectivity index (χ2n) is 1.76. The Labute approximate surface area is 78.0 Å². The van der Waals surface area contributed by atoms with Gasteiger partial charge in [-0.1, -0.05) is 24.3 Å². The smallest absolute Gasteiger partial charge is 0.0759 e. The van der Waals surface area contributed by atoms with Crippen LogP contribution in [0.3, 0.4) is 0 Å². The van der Waals surface area contributed by atoms with Gasteiger partial charge in [-0.05, 0) is 21.9 Å². The van der Waals surface area contributed by atoms with Gasteiger partial charge in [-0.2, -0.15) is 0 Å². The predicted octanol–water partition coefficient (Wildman–Crippen LogP) is 3.00. The molecule has 0 aromatic rings. The van der Waals surface area contributed by atoms with Crippen molar-refractivity contribution in [2.75, 3.05) is 0 Å².